The minimum Gasteiger partial charge on any atom is -0.495 e. The van der Waals surface area contributed by atoms with Gasteiger partial charge < -0.3 is 15.4 Å². The lowest BCUT2D eigenvalue weighted by Crippen LogP contribution is -2.39. The third-order valence-electron chi connectivity index (χ3n) is 4.32. The van der Waals surface area contributed by atoms with E-state index in [-0.39, 0.29) is 11.8 Å². The molecule has 25 heavy (non-hydrogen) atoms. The molecule has 1 aliphatic carbocycles. The highest BCUT2D eigenvalue weighted by Crippen LogP contribution is 2.47. The molecule has 0 saturated heterocycles. The SMILES string of the molecule is COc1ccc(Cl)cc1NC(=O)C1(C(=O)NCc2ccccc2)CC1. The lowest BCUT2D eigenvalue weighted by atomic mass is 10.0. The summed E-state index contributed by atoms with van der Waals surface area (Å²) in [6.45, 7) is 0.398. The van der Waals surface area contributed by atoms with Crippen molar-refractivity contribution in [3.63, 3.8) is 0 Å². The largest absolute Gasteiger partial charge is 0.495 e. The van der Waals surface area contributed by atoms with E-state index in [0.717, 1.165) is 5.56 Å². The standard InChI is InChI=1S/C19H19ClN2O3/c1-25-16-8-7-14(20)11-15(16)22-18(24)19(9-10-19)17(23)21-12-13-5-3-2-4-6-13/h2-8,11H,9-10,12H2,1H3,(H,21,23)(H,22,24). The van der Waals surface area contributed by atoms with E-state index >= 15 is 0 Å². The number of ether oxygens (including phenoxy) is 1. The van der Waals surface area contributed by atoms with Gasteiger partial charge in [0.15, 0.2) is 0 Å². The average Bonchev–Trinajstić information content (AvgIpc) is 3.43. The molecule has 0 bridgehead atoms. The summed E-state index contributed by atoms with van der Waals surface area (Å²) in [6.07, 6.45) is 1.06. The van der Waals surface area contributed by atoms with E-state index in [1.807, 2.05) is 30.3 Å². The molecule has 6 heteroatoms. The second kappa shape index (κ2) is 7.15. The Kier molecular flexibility index (Phi) is 4.95. The molecule has 2 aromatic rings. The number of hydrogen-bond donors (Lipinski definition) is 2. The van der Waals surface area contributed by atoms with Crippen molar-refractivity contribution < 1.29 is 14.3 Å². The first-order valence-electron chi connectivity index (χ1n) is 8.02. The first kappa shape index (κ1) is 17.3. The van der Waals surface area contributed by atoms with Gasteiger partial charge in [0.1, 0.15) is 11.2 Å². The van der Waals surface area contributed by atoms with Crippen molar-refractivity contribution in [3.05, 3.63) is 59.1 Å². The summed E-state index contributed by atoms with van der Waals surface area (Å²) in [5.41, 5.74) is 0.438. The Morgan fingerprint density at radius 2 is 1.84 bits per heavy atom. The van der Waals surface area contributed by atoms with E-state index in [1.54, 1.807) is 18.2 Å². The smallest absolute Gasteiger partial charge is 0.240 e. The molecular formula is C19H19ClN2O3. The van der Waals surface area contributed by atoms with Crippen LogP contribution in [0.5, 0.6) is 5.75 Å². The van der Waals surface area contributed by atoms with Gasteiger partial charge in [0.05, 0.1) is 12.8 Å². The van der Waals surface area contributed by atoms with Crippen molar-refractivity contribution in [2.75, 3.05) is 12.4 Å². The van der Waals surface area contributed by atoms with Crippen LogP contribution in [0.2, 0.25) is 5.02 Å². The van der Waals surface area contributed by atoms with Crippen LogP contribution >= 0.6 is 11.6 Å². The van der Waals surface area contributed by atoms with Gasteiger partial charge in [-0.25, -0.2) is 0 Å². The number of carbonyl (C=O) groups excluding carboxylic acids is 2. The molecule has 0 heterocycles. The van der Waals surface area contributed by atoms with Crippen LogP contribution in [-0.4, -0.2) is 18.9 Å². The summed E-state index contributed by atoms with van der Waals surface area (Å²) < 4.78 is 5.23. The number of methoxy groups -OCH3 is 1. The highest BCUT2D eigenvalue weighted by molar-refractivity contribution is 6.31. The monoisotopic (exact) mass is 358 g/mol. The van der Waals surface area contributed by atoms with Gasteiger partial charge in [-0.15, -0.1) is 0 Å². The topological polar surface area (TPSA) is 67.4 Å². The quantitative estimate of drug-likeness (QED) is 0.778. The lowest BCUT2D eigenvalue weighted by molar-refractivity contribution is -0.134. The minimum absolute atomic E-state index is 0.255. The Labute approximate surface area is 151 Å². The van der Waals surface area contributed by atoms with Crippen molar-refractivity contribution in [1.29, 1.82) is 0 Å². The summed E-state index contributed by atoms with van der Waals surface area (Å²) in [6, 6.07) is 14.5. The van der Waals surface area contributed by atoms with Crippen LogP contribution in [0.15, 0.2) is 48.5 Å². The maximum atomic E-state index is 12.7. The first-order valence-corrected chi connectivity index (χ1v) is 8.40. The Bertz CT molecular complexity index is 789. The molecule has 1 saturated carbocycles. The lowest BCUT2D eigenvalue weighted by Gasteiger charge is -2.17. The summed E-state index contributed by atoms with van der Waals surface area (Å²) >= 11 is 5.98. The van der Waals surface area contributed by atoms with Gasteiger partial charge >= 0.3 is 0 Å². The number of benzene rings is 2. The Hall–Kier alpha value is -2.53. The van der Waals surface area contributed by atoms with Crippen LogP contribution < -0.4 is 15.4 Å². The predicted molar refractivity (Wildman–Crippen MR) is 96.6 cm³/mol. The van der Waals surface area contributed by atoms with Gasteiger partial charge in [0, 0.05) is 11.6 Å². The molecule has 0 spiro atoms. The van der Waals surface area contributed by atoms with Crippen molar-refractivity contribution in [1.82, 2.24) is 5.32 Å². The summed E-state index contributed by atoms with van der Waals surface area (Å²) in [5.74, 6) is -0.0910. The molecule has 130 valence electrons. The van der Waals surface area contributed by atoms with Crippen molar-refractivity contribution in [2.45, 2.75) is 19.4 Å². The highest BCUT2D eigenvalue weighted by Gasteiger charge is 2.56. The van der Waals surface area contributed by atoms with Crippen molar-refractivity contribution in [3.8, 4) is 5.75 Å². The second-order valence-corrected chi connectivity index (χ2v) is 6.49. The maximum Gasteiger partial charge on any atom is 0.240 e. The molecule has 1 aliphatic rings. The highest BCUT2D eigenvalue weighted by atomic mass is 35.5. The number of amides is 2. The Balaban J connectivity index is 1.67. The number of anilines is 1. The summed E-state index contributed by atoms with van der Waals surface area (Å²) in [5, 5.41) is 6.11. The number of nitrogens with one attached hydrogen (secondary N) is 2. The van der Waals surface area contributed by atoms with Gasteiger partial charge in [-0.1, -0.05) is 41.9 Å². The van der Waals surface area contributed by atoms with Crippen LogP contribution in [-0.2, 0) is 16.1 Å². The third kappa shape index (κ3) is 3.77. The number of carbonyl (C=O) groups is 2. The molecule has 5 nitrogen and oxygen atoms in total. The molecule has 0 unspecified atom stereocenters. The van der Waals surface area contributed by atoms with E-state index in [9.17, 15) is 9.59 Å². The van der Waals surface area contributed by atoms with E-state index in [0.29, 0.717) is 35.8 Å². The number of rotatable bonds is 6. The van der Waals surface area contributed by atoms with Crippen LogP contribution in [0.3, 0.4) is 0 Å². The zero-order valence-electron chi connectivity index (χ0n) is 13.8. The molecule has 0 aliphatic heterocycles. The fraction of sp³-hybridized carbons (Fsp3) is 0.263. The number of hydrogen-bond acceptors (Lipinski definition) is 3. The molecule has 1 fully saturated rings. The van der Waals surface area contributed by atoms with Gasteiger partial charge in [0.25, 0.3) is 0 Å². The van der Waals surface area contributed by atoms with E-state index in [2.05, 4.69) is 10.6 Å². The van der Waals surface area contributed by atoms with E-state index in [4.69, 9.17) is 16.3 Å². The molecule has 2 aromatic carbocycles. The van der Waals surface area contributed by atoms with Gasteiger partial charge in [-0.3, -0.25) is 9.59 Å². The molecule has 0 aromatic heterocycles. The maximum absolute atomic E-state index is 12.7. The molecule has 0 atom stereocenters. The molecule has 3 rings (SSSR count). The Morgan fingerprint density at radius 3 is 2.48 bits per heavy atom. The molecule has 2 amide bonds. The second-order valence-electron chi connectivity index (χ2n) is 6.05. The Morgan fingerprint density at radius 1 is 1.12 bits per heavy atom. The summed E-state index contributed by atoms with van der Waals surface area (Å²) in [7, 11) is 1.51. The van der Waals surface area contributed by atoms with Gasteiger partial charge in [0.2, 0.25) is 11.8 Å². The first-order chi connectivity index (χ1) is 12.0. The third-order valence-corrected chi connectivity index (χ3v) is 4.56. The van der Waals surface area contributed by atoms with Crippen molar-refractivity contribution in [2.24, 2.45) is 5.41 Å². The fourth-order valence-corrected chi connectivity index (χ4v) is 2.82. The predicted octanol–water partition coefficient (Wildman–Crippen LogP) is 3.38. The van der Waals surface area contributed by atoms with Crippen molar-refractivity contribution >= 4 is 29.1 Å². The van der Waals surface area contributed by atoms with Gasteiger partial charge in [-0.05, 0) is 36.6 Å². The van der Waals surface area contributed by atoms with Crippen LogP contribution in [0.25, 0.3) is 0 Å². The van der Waals surface area contributed by atoms with E-state index in [1.165, 1.54) is 7.11 Å². The molecule has 0 radical (unpaired) electrons. The minimum atomic E-state index is -1.01. The average molecular weight is 359 g/mol. The van der Waals surface area contributed by atoms with E-state index < -0.39 is 5.41 Å². The zero-order valence-corrected chi connectivity index (χ0v) is 14.6. The van der Waals surface area contributed by atoms with Crippen LogP contribution in [0.1, 0.15) is 18.4 Å². The fourth-order valence-electron chi connectivity index (χ4n) is 2.65. The number of halogens is 1. The van der Waals surface area contributed by atoms with Gasteiger partial charge in [-0.2, -0.15) is 0 Å². The summed E-state index contributed by atoms with van der Waals surface area (Å²) in [4.78, 5) is 25.2. The molecular weight excluding hydrogens is 340 g/mol. The molecule has 2 N–H and O–H groups in total. The van der Waals surface area contributed by atoms with Crippen LogP contribution in [0, 0.1) is 5.41 Å². The van der Waals surface area contributed by atoms with Crippen LogP contribution in [0.4, 0.5) is 5.69 Å². The normalized spacial score (nSPS) is 14.5. The zero-order chi connectivity index (χ0) is 17.9.